The molecule has 1 rings (SSSR count). The zero-order chi connectivity index (χ0) is 9.68. The first kappa shape index (κ1) is 9.48. The number of rotatable bonds is 3. The summed E-state index contributed by atoms with van der Waals surface area (Å²) in [6.07, 6.45) is 4.02. The molecule has 0 aliphatic rings. The monoisotopic (exact) mass is 177 g/mol. The van der Waals surface area contributed by atoms with Crippen LogP contribution in [0.5, 0.6) is 5.75 Å². The molecular weight excluding hydrogens is 166 g/mol. The lowest BCUT2D eigenvalue weighted by molar-refractivity contribution is 0.112. The zero-order valence-electron chi connectivity index (χ0n) is 7.10. The first-order valence-corrected chi connectivity index (χ1v) is 3.93. The number of carbonyl (C=O) groups excluding carboxylic acids is 1. The molecule has 0 aromatic heterocycles. The molecule has 0 heterocycles. The van der Waals surface area contributed by atoms with Crippen LogP contribution in [0.1, 0.15) is 15.9 Å². The van der Waals surface area contributed by atoms with Crippen LogP contribution >= 0.6 is 0 Å². The van der Waals surface area contributed by atoms with Crippen molar-refractivity contribution < 1.29 is 9.90 Å². The van der Waals surface area contributed by atoms with Gasteiger partial charge in [-0.2, -0.15) is 0 Å². The summed E-state index contributed by atoms with van der Waals surface area (Å²) in [6, 6.07) is 4.80. The van der Waals surface area contributed by atoms with Gasteiger partial charge in [0.15, 0.2) is 6.29 Å². The van der Waals surface area contributed by atoms with E-state index >= 15 is 0 Å². The first-order valence-electron chi connectivity index (χ1n) is 3.93. The summed E-state index contributed by atoms with van der Waals surface area (Å²) in [5.74, 6) is 0.0919. The van der Waals surface area contributed by atoms with Crippen molar-refractivity contribution in [1.82, 2.24) is 0 Å². The maximum absolute atomic E-state index is 10.6. The standard InChI is InChI=1S/C10H11NO2/c11-6-2-4-9-8(7-12)3-1-5-10(9)13/h1-5,7,13H,6,11H2. The maximum atomic E-state index is 10.6. The second-order valence-electron chi connectivity index (χ2n) is 2.54. The molecule has 1 aromatic carbocycles. The Morgan fingerprint density at radius 1 is 1.46 bits per heavy atom. The lowest BCUT2D eigenvalue weighted by Crippen LogP contribution is -1.93. The van der Waals surface area contributed by atoms with Crippen molar-refractivity contribution in [1.29, 1.82) is 0 Å². The molecule has 0 radical (unpaired) electrons. The molecule has 68 valence electrons. The summed E-state index contributed by atoms with van der Waals surface area (Å²) in [5, 5.41) is 9.40. The number of benzene rings is 1. The molecule has 0 amide bonds. The van der Waals surface area contributed by atoms with Gasteiger partial charge in [-0.05, 0) is 6.07 Å². The minimum absolute atomic E-state index is 0.0919. The largest absolute Gasteiger partial charge is 0.507 e. The van der Waals surface area contributed by atoms with Gasteiger partial charge in [-0.1, -0.05) is 24.3 Å². The third-order valence-electron chi connectivity index (χ3n) is 1.66. The van der Waals surface area contributed by atoms with Crippen LogP contribution < -0.4 is 5.73 Å². The smallest absolute Gasteiger partial charge is 0.150 e. The fourth-order valence-electron chi connectivity index (χ4n) is 1.04. The lowest BCUT2D eigenvalue weighted by atomic mass is 10.1. The number of hydrogen-bond acceptors (Lipinski definition) is 3. The van der Waals surface area contributed by atoms with Crippen molar-refractivity contribution in [2.45, 2.75) is 0 Å². The normalized spacial score (nSPS) is 10.5. The van der Waals surface area contributed by atoms with E-state index in [1.165, 1.54) is 6.07 Å². The average Bonchev–Trinajstić information content (AvgIpc) is 2.15. The molecule has 0 fully saturated rings. The second-order valence-corrected chi connectivity index (χ2v) is 2.54. The van der Waals surface area contributed by atoms with Crippen LogP contribution in [0, 0.1) is 0 Å². The van der Waals surface area contributed by atoms with E-state index in [0.717, 1.165) is 0 Å². The first-order chi connectivity index (χ1) is 6.29. The van der Waals surface area contributed by atoms with Crippen LogP contribution in [0.3, 0.4) is 0 Å². The molecule has 13 heavy (non-hydrogen) atoms. The van der Waals surface area contributed by atoms with Crippen LogP contribution in [0.25, 0.3) is 6.08 Å². The van der Waals surface area contributed by atoms with Gasteiger partial charge in [0.1, 0.15) is 5.75 Å². The highest BCUT2D eigenvalue weighted by molar-refractivity contribution is 5.83. The minimum atomic E-state index is 0.0919. The van der Waals surface area contributed by atoms with Gasteiger partial charge in [-0.15, -0.1) is 0 Å². The number of aromatic hydroxyl groups is 1. The van der Waals surface area contributed by atoms with Crippen LogP contribution in [-0.2, 0) is 0 Å². The van der Waals surface area contributed by atoms with Gasteiger partial charge in [0.25, 0.3) is 0 Å². The highest BCUT2D eigenvalue weighted by atomic mass is 16.3. The Bertz CT molecular complexity index is 332. The lowest BCUT2D eigenvalue weighted by Gasteiger charge is -2.01. The van der Waals surface area contributed by atoms with Crippen molar-refractivity contribution in [2.75, 3.05) is 6.54 Å². The summed E-state index contributed by atoms with van der Waals surface area (Å²) in [6.45, 7) is 0.382. The molecule has 0 unspecified atom stereocenters. The van der Waals surface area contributed by atoms with E-state index in [9.17, 15) is 9.90 Å². The van der Waals surface area contributed by atoms with Crippen LogP contribution in [0.4, 0.5) is 0 Å². The molecule has 0 aliphatic carbocycles. The average molecular weight is 177 g/mol. The predicted octanol–water partition coefficient (Wildman–Crippen LogP) is 1.18. The Hall–Kier alpha value is -1.61. The summed E-state index contributed by atoms with van der Waals surface area (Å²) in [4.78, 5) is 10.6. The van der Waals surface area contributed by atoms with Crippen molar-refractivity contribution in [2.24, 2.45) is 5.73 Å². The highest BCUT2D eigenvalue weighted by Crippen LogP contribution is 2.20. The summed E-state index contributed by atoms with van der Waals surface area (Å²) in [5.41, 5.74) is 6.24. The Morgan fingerprint density at radius 3 is 2.85 bits per heavy atom. The number of hydrogen-bond donors (Lipinski definition) is 2. The number of phenolic OH excluding ortho intramolecular Hbond substituents is 1. The van der Waals surface area contributed by atoms with E-state index in [0.29, 0.717) is 24.0 Å². The van der Waals surface area contributed by atoms with Crippen molar-refractivity contribution in [3.05, 3.63) is 35.4 Å². The van der Waals surface area contributed by atoms with Crippen LogP contribution in [-0.4, -0.2) is 17.9 Å². The van der Waals surface area contributed by atoms with E-state index < -0.39 is 0 Å². The van der Waals surface area contributed by atoms with Crippen LogP contribution in [0.15, 0.2) is 24.3 Å². The SMILES string of the molecule is NCC=Cc1c(O)cccc1C=O. The molecule has 0 atom stereocenters. The number of phenols is 1. The number of aldehydes is 1. The van der Waals surface area contributed by atoms with Gasteiger partial charge in [0, 0.05) is 17.7 Å². The Kier molecular flexibility index (Phi) is 3.23. The third-order valence-corrected chi connectivity index (χ3v) is 1.66. The van der Waals surface area contributed by atoms with E-state index in [2.05, 4.69) is 0 Å². The quantitative estimate of drug-likeness (QED) is 0.681. The molecule has 0 saturated heterocycles. The second kappa shape index (κ2) is 4.42. The Balaban J connectivity index is 3.14. The summed E-state index contributed by atoms with van der Waals surface area (Å²) < 4.78 is 0. The van der Waals surface area contributed by atoms with Crippen molar-refractivity contribution in [3.8, 4) is 5.75 Å². The molecule has 3 heteroatoms. The molecular formula is C10H11NO2. The third kappa shape index (κ3) is 2.16. The fourth-order valence-corrected chi connectivity index (χ4v) is 1.04. The van der Waals surface area contributed by atoms with Crippen molar-refractivity contribution in [3.63, 3.8) is 0 Å². The predicted molar refractivity (Wildman–Crippen MR) is 51.6 cm³/mol. The van der Waals surface area contributed by atoms with E-state index in [1.807, 2.05) is 0 Å². The van der Waals surface area contributed by atoms with Gasteiger partial charge in [-0.25, -0.2) is 0 Å². The summed E-state index contributed by atoms with van der Waals surface area (Å²) >= 11 is 0. The van der Waals surface area contributed by atoms with Gasteiger partial charge in [0.2, 0.25) is 0 Å². The fraction of sp³-hybridized carbons (Fsp3) is 0.100. The maximum Gasteiger partial charge on any atom is 0.150 e. The Labute approximate surface area is 76.5 Å². The van der Waals surface area contributed by atoms with E-state index in [-0.39, 0.29) is 5.75 Å². The topological polar surface area (TPSA) is 63.3 Å². The zero-order valence-corrected chi connectivity index (χ0v) is 7.10. The van der Waals surface area contributed by atoms with Crippen molar-refractivity contribution >= 4 is 12.4 Å². The molecule has 3 nitrogen and oxygen atoms in total. The van der Waals surface area contributed by atoms with Gasteiger partial charge in [-0.3, -0.25) is 4.79 Å². The molecule has 3 N–H and O–H groups in total. The minimum Gasteiger partial charge on any atom is -0.507 e. The Morgan fingerprint density at radius 2 is 2.23 bits per heavy atom. The molecule has 1 aromatic rings. The molecule has 0 spiro atoms. The van der Waals surface area contributed by atoms with Gasteiger partial charge in [0.05, 0.1) is 0 Å². The van der Waals surface area contributed by atoms with Crippen LogP contribution in [0.2, 0.25) is 0 Å². The van der Waals surface area contributed by atoms with E-state index in [1.54, 1.807) is 24.3 Å². The van der Waals surface area contributed by atoms with Gasteiger partial charge >= 0.3 is 0 Å². The van der Waals surface area contributed by atoms with Gasteiger partial charge < -0.3 is 10.8 Å². The number of carbonyl (C=O) groups is 1. The molecule has 0 aliphatic heterocycles. The number of nitrogens with two attached hydrogens (primary N) is 1. The summed E-state index contributed by atoms with van der Waals surface area (Å²) in [7, 11) is 0. The molecule has 0 bridgehead atoms. The molecule has 0 saturated carbocycles. The van der Waals surface area contributed by atoms with E-state index in [4.69, 9.17) is 5.73 Å². The highest BCUT2D eigenvalue weighted by Gasteiger charge is 2.02.